The minimum absolute atomic E-state index is 0.302. The summed E-state index contributed by atoms with van der Waals surface area (Å²) in [5.41, 5.74) is 6.81. The average Bonchev–Trinajstić information content (AvgIpc) is 2.66. The van der Waals surface area contributed by atoms with Crippen molar-refractivity contribution < 1.29 is 18.9 Å². The summed E-state index contributed by atoms with van der Waals surface area (Å²) < 4.78 is 15.2. The first-order chi connectivity index (χ1) is 10.8. The third kappa shape index (κ3) is 4.58. The molecule has 12 heteroatoms. The summed E-state index contributed by atoms with van der Waals surface area (Å²) in [7, 11) is -4.53. The van der Waals surface area contributed by atoms with E-state index in [9.17, 15) is 14.7 Å². The molecule has 0 fully saturated rings. The van der Waals surface area contributed by atoms with Crippen molar-refractivity contribution in [3.8, 4) is 0 Å². The molecule has 23 heavy (non-hydrogen) atoms. The maximum Gasteiger partial charge on any atom is 0.530 e. The molecule has 0 aliphatic carbocycles. The van der Waals surface area contributed by atoms with Crippen LogP contribution in [0.4, 0.5) is 0 Å². The quantitative estimate of drug-likeness (QED) is 0.335. The Kier molecular flexibility index (Phi) is 5.47. The Balaban J connectivity index is 1.97. The molecule has 0 saturated heterocycles. The number of nitrogens with zero attached hydrogens (tertiary/aromatic N) is 4. The van der Waals surface area contributed by atoms with Crippen LogP contribution in [0.5, 0.6) is 0 Å². The molecule has 3 unspecified atom stereocenters. The van der Waals surface area contributed by atoms with Gasteiger partial charge in [0, 0.05) is 6.42 Å². The highest BCUT2D eigenvalue weighted by atomic mass is 31.2. The van der Waals surface area contributed by atoms with Crippen molar-refractivity contribution >= 4 is 20.2 Å². The number of nitrogens with two attached hydrogens (primary N) is 1. The fourth-order valence-corrected chi connectivity index (χ4v) is 2.71. The minimum Gasteiger partial charge on any atom is -0.360 e. The molecule has 2 rings (SSSR count). The van der Waals surface area contributed by atoms with Crippen LogP contribution in [0.25, 0.3) is 0 Å². The highest BCUT2D eigenvalue weighted by molar-refractivity contribution is 7.51. The van der Waals surface area contributed by atoms with Crippen LogP contribution >= 0.6 is 7.52 Å². The van der Waals surface area contributed by atoms with Crippen molar-refractivity contribution in [2.75, 3.05) is 19.4 Å². The summed E-state index contributed by atoms with van der Waals surface area (Å²) >= 11 is 0. The van der Waals surface area contributed by atoms with E-state index in [1.165, 1.54) is 6.34 Å². The zero-order valence-corrected chi connectivity index (χ0v) is 13.4. The number of hydrogen-bond acceptors (Lipinski definition) is 9. The fraction of sp³-hybridized carbons (Fsp3) is 0.636. The molecular formula is C11H19N6O5P. The number of hydrogen-bond donors (Lipinski definition) is 3. The van der Waals surface area contributed by atoms with Gasteiger partial charge >= 0.3 is 7.52 Å². The van der Waals surface area contributed by atoms with Gasteiger partial charge in [0.25, 0.3) is 0 Å². The lowest BCUT2D eigenvalue weighted by molar-refractivity contribution is -0.330. The Morgan fingerprint density at radius 3 is 3.17 bits per heavy atom. The van der Waals surface area contributed by atoms with E-state index in [-0.39, 0.29) is 6.17 Å². The lowest BCUT2D eigenvalue weighted by atomic mass is 10.1. The number of ether oxygens (including phenoxy) is 1. The van der Waals surface area contributed by atoms with Crippen molar-refractivity contribution in [1.29, 1.82) is 0 Å². The normalized spacial score (nSPS) is 24.5. The van der Waals surface area contributed by atoms with E-state index in [0.29, 0.717) is 19.5 Å². The van der Waals surface area contributed by atoms with Gasteiger partial charge in [-0.3, -0.25) is 25.0 Å². The zero-order valence-electron chi connectivity index (χ0n) is 12.5. The molecule has 0 aromatic carbocycles. The summed E-state index contributed by atoms with van der Waals surface area (Å²) in [6.07, 6.45) is 2.00. The van der Waals surface area contributed by atoms with Crippen molar-refractivity contribution in [2.45, 2.75) is 25.6 Å². The molecule has 0 radical (unpaired) electrons. The fourth-order valence-electron chi connectivity index (χ4n) is 2.17. The van der Waals surface area contributed by atoms with Gasteiger partial charge in [-0.05, 0) is 12.5 Å². The highest BCUT2D eigenvalue weighted by Crippen LogP contribution is 2.40. The topological polar surface area (TPSA) is 156 Å². The standard InChI is InChI=1S/C11H19N6O5P/c1-8(22-7-23(20,21)17(18)19)4-16-6-13-3-9-2-10(12)14-5-15-11(9)16/h5-6,8,10H,2-4,7,12H2,1H3,(H,14,15)(H,20,21). The Morgan fingerprint density at radius 2 is 2.48 bits per heavy atom. The number of nitrogens with one attached hydrogen (secondary N) is 1. The molecule has 0 saturated carbocycles. The van der Waals surface area contributed by atoms with E-state index in [2.05, 4.69) is 15.3 Å². The molecule has 4 N–H and O–H groups in total. The third-order valence-corrected chi connectivity index (χ3v) is 4.28. The van der Waals surface area contributed by atoms with Crippen LogP contribution in [0.1, 0.15) is 13.3 Å². The SMILES string of the molecule is CC(CN1C=NCC2=C1NC=NC(N)C2)OCP(=O)(O)[N+](=O)[O-]. The van der Waals surface area contributed by atoms with Crippen LogP contribution in [0.3, 0.4) is 0 Å². The van der Waals surface area contributed by atoms with E-state index >= 15 is 0 Å². The maximum atomic E-state index is 11.3. The van der Waals surface area contributed by atoms with Crippen LogP contribution in [-0.2, 0) is 9.30 Å². The first-order valence-electron chi connectivity index (χ1n) is 6.90. The van der Waals surface area contributed by atoms with Gasteiger partial charge < -0.3 is 20.7 Å². The lowest BCUT2D eigenvalue weighted by Crippen LogP contribution is -2.39. The zero-order chi connectivity index (χ0) is 17.0. The number of aliphatic imine (C=N–C) groups is 2. The van der Waals surface area contributed by atoms with Gasteiger partial charge in [-0.1, -0.05) is 0 Å². The molecule has 0 aromatic rings. The van der Waals surface area contributed by atoms with Gasteiger partial charge in [0.2, 0.25) is 0 Å². The van der Waals surface area contributed by atoms with E-state index < -0.39 is 24.7 Å². The molecule has 0 aromatic heterocycles. The van der Waals surface area contributed by atoms with Crippen molar-refractivity contribution in [3.05, 3.63) is 21.5 Å². The largest absolute Gasteiger partial charge is 0.530 e. The highest BCUT2D eigenvalue weighted by Gasteiger charge is 2.34. The molecule has 0 spiro atoms. The molecule has 3 atom stereocenters. The minimum atomic E-state index is -4.53. The summed E-state index contributed by atoms with van der Waals surface area (Å²) in [4.78, 5) is 29.6. The maximum absolute atomic E-state index is 11.3. The Hall–Kier alpha value is -1.81. The molecule has 0 amide bonds. The van der Waals surface area contributed by atoms with Gasteiger partial charge in [0.05, 0.1) is 36.6 Å². The molecule has 0 bridgehead atoms. The van der Waals surface area contributed by atoms with E-state index in [0.717, 1.165) is 11.4 Å². The molecule has 2 aliphatic heterocycles. The molecule has 128 valence electrons. The monoisotopic (exact) mass is 346 g/mol. The smallest absolute Gasteiger partial charge is 0.360 e. The summed E-state index contributed by atoms with van der Waals surface area (Å²) in [6.45, 7) is 2.47. The summed E-state index contributed by atoms with van der Waals surface area (Å²) in [5, 5.41) is 13.5. The van der Waals surface area contributed by atoms with E-state index in [1.54, 1.807) is 18.2 Å². The van der Waals surface area contributed by atoms with Crippen molar-refractivity contribution in [2.24, 2.45) is 15.7 Å². The molecule has 2 aliphatic rings. The van der Waals surface area contributed by atoms with Crippen molar-refractivity contribution in [1.82, 2.24) is 10.2 Å². The first-order valence-corrected chi connectivity index (χ1v) is 8.70. The molecular weight excluding hydrogens is 327 g/mol. The predicted octanol–water partition coefficient (Wildman–Crippen LogP) is -0.327. The Labute approximate surface area is 132 Å². The van der Waals surface area contributed by atoms with E-state index in [4.69, 9.17) is 15.4 Å². The van der Waals surface area contributed by atoms with E-state index in [1.807, 2.05) is 0 Å². The van der Waals surface area contributed by atoms with Crippen LogP contribution < -0.4 is 11.1 Å². The second kappa shape index (κ2) is 7.18. The van der Waals surface area contributed by atoms with Gasteiger partial charge in [-0.15, -0.1) is 0 Å². The van der Waals surface area contributed by atoms with Gasteiger partial charge in [0.1, 0.15) is 12.0 Å². The van der Waals surface area contributed by atoms with Crippen LogP contribution in [0.15, 0.2) is 21.4 Å². The molecule has 2 heterocycles. The van der Waals surface area contributed by atoms with Crippen molar-refractivity contribution in [3.63, 3.8) is 0 Å². The molecule has 11 nitrogen and oxygen atoms in total. The van der Waals surface area contributed by atoms with Gasteiger partial charge in [0.15, 0.2) is 6.35 Å². The van der Waals surface area contributed by atoms with Crippen LogP contribution in [0, 0.1) is 10.1 Å². The lowest BCUT2D eigenvalue weighted by Gasteiger charge is -2.29. The van der Waals surface area contributed by atoms with Gasteiger partial charge in [-0.2, -0.15) is 0 Å². The Morgan fingerprint density at radius 1 is 1.74 bits per heavy atom. The van der Waals surface area contributed by atoms with Gasteiger partial charge in [-0.25, -0.2) is 4.57 Å². The summed E-state index contributed by atoms with van der Waals surface area (Å²) in [5.74, 6) is 0.786. The predicted molar refractivity (Wildman–Crippen MR) is 83.5 cm³/mol. The van der Waals surface area contributed by atoms with Crippen LogP contribution in [0.2, 0.25) is 0 Å². The number of rotatable bonds is 6. The van der Waals surface area contributed by atoms with Crippen LogP contribution in [-0.4, -0.2) is 58.9 Å². The third-order valence-electron chi connectivity index (χ3n) is 3.28. The first kappa shape index (κ1) is 17.5. The second-order valence-corrected chi connectivity index (χ2v) is 7.18. The average molecular weight is 346 g/mol. The second-order valence-electron chi connectivity index (χ2n) is 5.26. The number of nitro groups is 1. The summed E-state index contributed by atoms with van der Waals surface area (Å²) in [6, 6.07) is 0. The Bertz CT molecular complexity index is 606.